The van der Waals surface area contributed by atoms with E-state index in [4.69, 9.17) is 23.2 Å². The molecule has 0 saturated carbocycles. The van der Waals surface area contributed by atoms with Crippen molar-refractivity contribution in [3.8, 4) is 0 Å². The van der Waals surface area contributed by atoms with Crippen molar-refractivity contribution in [1.29, 1.82) is 0 Å². The quantitative estimate of drug-likeness (QED) is 0.586. The molecule has 0 fully saturated rings. The molecule has 0 N–H and O–H groups in total. The van der Waals surface area contributed by atoms with Crippen LogP contribution in [0.5, 0.6) is 0 Å². The van der Waals surface area contributed by atoms with E-state index in [2.05, 4.69) is 9.37 Å². The summed E-state index contributed by atoms with van der Waals surface area (Å²) in [5.41, 5.74) is 1.80. The maximum Gasteiger partial charge on any atom is 0.143 e. The molecular weight excluding hydrogens is 299 g/mol. The molecule has 1 heterocycles. The zero-order valence-electron chi connectivity index (χ0n) is 9.68. The van der Waals surface area contributed by atoms with Gasteiger partial charge >= 0.3 is 0 Å². The second-order valence-electron chi connectivity index (χ2n) is 3.93. The van der Waals surface area contributed by atoms with Crippen LogP contribution in [0.1, 0.15) is 5.56 Å². The van der Waals surface area contributed by atoms with Gasteiger partial charge in [-0.05, 0) is 35.8 Å². The molecule has 19 heavy (non-hydrogen) atoms. The zero-order valence-corrected chi connectivity index (χ0v) is 12.0. The van der Waals surface area contributed by atoms with Gasteiger partial charge in [0, 0.05) is 22.2 Å². The molecule has 5 heteroatoms. The van der Waals surface area contributed by atoms with Crippen LogP contribution in [0.3, 0.4) is 0 Å². The molecule has 3 aromatic rings. The summed E-state index contributed by atoms with van der Waals surface area (Å²) in [7, 11) is 0. The molecule has 2 aromatic carbocycles. The largest absolute Gasteiger partial charge is 0.243 e. The standard InChI is InChI=1S/C14H8Cl2N2S/c15-10-6-5-9(12(16)7-10)8-17-14-11-3-1-2-4-13(11)18-19-14/h1-8H. The van der Waals surface area contributed by atoms with E-state index < -0.39 is 0 Å². The third-order valence-corrected chi connectivity index (χ3v) is 4.00. The van der Waals surface area contributed by atoms with Crippen LogP contribution in [0.15, 0.2) is 47.5 Å². The van der Waals surface area contributed by atoms with Gasteiger partial charge in [-0.1, -0.05) is 41.4 Å². The predicted molar refractivity (Wildman–Crippen MR) is 83.3 cm³/mol. The lowest BCUT2D eigenvalue weighted by Gasteiger charge is -1.97. The molecule has 0 radical (unpaired) electrons. The van der Waals surface area contributed by atoms with E-state index >= 15 is 0 Å². The fraction of sp³-hybridized carbons (Fsp3) is 0. The number of aliphatic imine (C=N–C) groups is 1. The van der Waals surface area contributed by atoms with Gasteiger partial charge in [0.2, 0.25) is 0 Å². The SMILES string of the molecule is Clc1ccc(C=Nc2snc3ccccc23)c(Cl)c1. The van der Waals surface area contributed by atoms with Crippen molar-refractivity contribution in [1.82, 2.24) is 4.37 Å². The minimum absolute atomic E-state index is 0.588. The molecule has 0 spiro atoms. The normalized spacial score (nSPS) is 11.5. The number of aromatic nitrogens is 1. The Bertz CT molecular complexity index is 765. The van der Waals surface area contributed by atoms with Crippen molar-refractivity contribution in [3.05, 3.63) is 58.1 Å². The average molecular weight is 307 g/mol. The summed E-state index contributed by atoms with van der Waals surface area (Å²) in [5, 5.41) is 3.13. The van der Waals surface area contributed by atoms with Crippen LogP contribution in [0.25, 0.3) is 10.9 Å². The molecule has 0 atom stereocenters. The number of hydrogen-bond donors (Lipinski definition) is 0. The second-order valence-corrected chi connectivity index (χ2v) is 5.52. The number of fused-ring (bicyclic) bond motifs is 1. The predicted octanol–water partition coefficient (Wildman–Crippen LogP) is 5.35. The molecule has 1 aromatic heterocycles. The lowest BCUT2D eigenvalue weighted by Crippen LogP contribution is -1.81. The summed E-state index contributed by atoms with van der Waals surface area (Å²) in [6.45, 7) is 0. The minimum Gasteiger partial charge on any atom is -0.243 e. The highest BCUT2D eigenvalue weighted by molar-refractivity contribution is 7.11. The van der Waals surface area contributed by atoms with Gasteiger partial charge in [-0.3, -0.25) is 0 Å². The van der Waals surface area contributed by atoms with Crippen molar-refractivity contribution >= 4 is 56.9 Å². The first-order chi connectivity index (χ1) is 9.24. The van der Waals surface area contributed by atoms with Crippen LogP contribution in [-0.4, -0.2) is 10.6 Å². The lowest BCUT2D eigenvalue weighted by atomic mass is 10.2. The molecule has 0 bridgehead atoms. The van der Waals surface area contributed by atoms with Crippen LogP contribution < -0.4 is 0 Å². The van der Waals surface area contributed by atoms with E-state index in [0.29, 0.717) is 10.0 Å². The number of nitrogens with zero attached hydrogens (tertiary/aromatic N) is 2. The zero-order chi connectivity index (χ0) is 13.2. The topological polar surface area (TPSA) is 25.2 Å². The van der Waals surface area contributed by atoms with Crippen LogP contribution in [-0.2, 0) is 0 Å². The molecule has 94 valence electrons. The van der Waals surface area contributed by atoms with E-state index in [0.717, 1.165) is 21.5 Å². The van der Waals surface area contributed by atoms with E-state index in [1.165, 1.54) is 11.5 Å². The minimum atomic E-state index is 0.588. The first-order valence-electron chi connectivity index (χ1n) is 5.57. The monoisotopic (exact) mass is 306 g/mol. The van der Waals surface area contributed by atoms with Crippen molar-refractivity contribution in [2.75, 3.05) is 0 Å². The van der Waals surface area contributed by atoms with Gasteiger partial charge in [0.25, 0.3) is 0 Å². The average Bonchev–Trinajstić information content (AvgIpc) is 2.81. The van der Waals surface area contributed by atoms with Crippen LogP contribution in [0.2, 0.25) is 10.0 Å². The molecule has 0 aliphatic rings. The number of benzene rings is 2. The highest BCUT2D eigenvalue weighted by Crippen LogP contribution is 2.30. The summed E-state index contributed by atoms with van der Waals surface area (Å²) >= 11 is 13.3. The van der Waals surface area contributed by atoms with Gasteiger partial charge in [0.1, 0.15) is 5.00 Å². The Morgan fingerprint density at radius 2 is 1.95 bits per heavy atom. The Hall–Kier alpha value is -1.42. The number of hydrogen-bond acceptors (Lipinski definition) is 3. The Kier molecular flexibility index (Phi) is 3.51. The van der Waals surface area contributed by atoms with E-state index in [9.17, 15) is 0 Å². The van der Waals surface area contributed by atoms with Gasteiger partial charge in [-0.25, -0.2) is 4.99 Å². The van der Waals surface area contributed by atoms with E-state index in [1.807, 2.05) is 30.3 Å². The van der Waals surface area contributed by atoms with Gasteiger partial charge in [0.05, 0.1) is 10.5 Å². The van der Waals surface area contributed by atoms with Crippen LogP contribution >= 0.6 is 34.7 Å². The number of rotatable bonds is 2. The third-order valence-electron chi connectivity index (χ3n) is 2.65. The maximum absolute atomic E-state index is 6.10. The summed E-state index contributed by atoms with van der Waals surface area (Å²) in [5.74, 6) is 0. The summed E-state index contributed by atoms with van der Waals surface area (Å²) in [4.78, 5) is 4.46. The maximum atomic E-state index is 6.10. The van der Waals surface area contributed by atoms with Crippen LogP contribution in [0.4, 0.5) is 5.00 Å². The summed E-state index contributed by atoms with van der Waals surface area (Å²) in [6, 6.07) is 13.3. The fourth-order valence-electron chi connectivity index (χ4n) is 1.70. The van der Waals surface area contributed by atoms with E-state index in [-0.39, 0.29) is 0 Å². The lowest BCUT2D eigenvalue weighted by molar-refractivity contribution is 1.62. The Morgan fingerprint density at radius 3 is 2.79 bits per heavy atom. The smallest absolute Gasteiger partial charge is 0.143 e. The van der Waals surface area contributed by atoms with Crippen molar-refractivity contribution in [2.45, 2.75) is 0 Å². The van der Waals surface area contributed by atoms with Gasteiger partial charge < -0.3 is 0 Å². The van der Waals surface area contributed by atoms with Gasteiger partial charge in [-0.15, -0.1) is 0 Å². The number of halogens is 2. The Labute approximate surface area is 124 Å². The van der Waals surface area contributed by atoms with Crippen molar-refractivity contribution < 1.29 is 0 Å². The molecule has 0 saturated heterocycles. The molecular formula is C14H8Cl2N2S. The molecule has 3 rings (SSSR count). The third kappa shape index (κ3) is 2.63. The molecule has 0 aliphatic carbocycles. The highest BCUT2D eigenvalue weighted by Gasteiger charge is 2.03. The van der Waals surface area contributed by atoms with Crippen molar-refractivity contribution in [3.63, 3.8) is 0 Å². The fourth-order valence-corrected chi connectivity index (χ4v) is 2.88. The molecule has 0 aliphatic heterocycles. The summed E-state index contributed by atoms with van der Waals surface area (Å²) in [6.07, 6.45) is 1.73. The first-order valence-corrected chi connectivity index (χ1v) is 7.10. The highest BCUT2D eigenvalue weighted by atomic mass is 35.5. The van der Waals surface area contributed by atoms with Crippen LogP contribution in [0, 0.1) is 0 Å². The second kappa shape index (κ2) is 5.29. The van der Waals surface area contributed by atoms with Gasteiger partial charge in [0.15, 0.2) is 0 Å². The van der Waals surface area contributed by atoms with E-state index in [1.54, 1.807) is 18.3 Å². The summed E-state index contributed by atoms with van der Waals surface area (Å²) < 4.78 is 4.34. The first kappa shape index (κ1) is 12.6. The van der Waals surface area contributed by atoms with Crippen molar-refractivity contribution in [2.24, 2.45) is 4.99 Å². The Morgan fingerprint density at radius 1 is 1.11 bits per heavy atom. The molecule has 2 nitrogen and oxygen atoms in total. The molecule has 0 amide bonds. The van der Waals surface area contributed by atoms with Gasteiger partial charge in [-0.2, -0.15) is 4.37 Å². The molecule has 0 unspecified atom stereocenters. The Balaban J connectivity index is 1.98.